The van der Waals surface area contributed by atoms with Crippen LogP contribution in [0.15, 0.2) is 154 Å². The van der Waals surface area contributed by atoms with Gasteiger partial charge >= 0.3 is 32.5 Å². The van der Waals surface area contributed by atoms with E-state index in [0.29, 0.717) is 23.7 Å². The zero-order chi connectivity index (χ0) is 54.2. The number of ether oxygens (including phenoxy) is 1. The third kappa shape index (κ3) is 15.7. The maximum absolute atomic E-state index is 13.6. The van der Waals surface area contributed by atoms with Gasteiger partial charge in [-0.25, -0.2) is 8.42 Å². The van der Waals surface area contributed by atoms with E-state index in [0.717, 1.165) is 44.2 Å². The summed E-state index contributed by atoms with van der Waals surface area (Å²) in [5.74, 6) is -7.12. The molecule has 1 N–H and O–H groups in total. The lowest BCUT2D eigenvalue weighted by Crippen LogP contribution is -2.61. The number of aromatic hydroxyl groups is 1. The van der Waals surface area contributed by atoms with Crippen LogP contribution >= 0.6 is 0 Å². The van der Waals surface area contributed by atoms with Crippen molar-refractivity contribution in [1.29, 1.82) is 0 Å². The average molecular weight is 1070 g/mol. The molecule has 6 rings (SSSR count). The van der Waals surface area contributed by atoms with Crippen molar-refractivity contribution in [3.8, 4) is 11.5 Å². The van der Waals surface area contributed by atoms with Crippen molar-refractivity contribution in [2.45, 2.75) is 155 Å². The average Bonchev–Trinajstić information content (AvgIpc) is 3.83. The molecule has 1 fully saturated rings. The number of carbonyl (C=O) groups excluding carboxylic acids is 1. The lowest BCUT2D eigenvalue weighted by Gasteiger charge is -2.32. The molecule has 0 saturated heterocycles. The molecule has 0 radical (unpaired) electrons. The number of alkyl halides is 6. The van der Waals surface area contributed by atoms with E-state index >= 15 is 0 Å². The maximum Gasteiger partial charge on any atom is 0.450 e. The second-order valence-electron chi connectivity index (χ2n) is 18.0. The quantitative estimate of drug-likeness (QED) is 0.0316. The molecule has 18 heteroatoms. The predicted molar refractivity (Wildman–Crippen MR) is 269 cm³/mol. The van der Waals surface area contributed by atoms with E-state index in [4.69, 9.17) is 9.84 Å². The summed E-state index contributed by atoms with van der Waals surface area (Å²) in [5.41, 5.74) is 1.45. The number of hydrogen-bond acceptors (Lipinski definition) is 9. The van der Waals surface area contributed by atoms with Crippen LogP contribution in [0.3, 0.4) is 0 Å². The summed E-state index contributed by atoms with van der Waals surface area (Å²) in [6.07, 6.45) is 8.10. The van der Waals surface area contributed by atoms with Gasteiger partial charge < -0.3 is 18.6 Å². The summed E-state index contributed by atoms with van der Waals surface area (Å²) >= 11 is 0. The highest BCUT2D eigenvalue weighted by atomic mass is 32.2. The molecule has 0 aliphatic heterocycles. The first kappa shape index (κ1) is 61.3. The largest absolute Gasteiger partial charge is 0.743 e. The van der Waals surface area contributed by atoms with E-state index in [1.807, 2.05) is 39.8 Å². The van der Waals surface area contributed by atoms with Crippen molar-refractivity contribution in [3.05, 3.63) is 151 Å². The maximum atomic E-state index is 13.6. The molecule has 2 atom stereocenters. The summed E-state index contributed by atoms with van der Waals surface area (Å²) in [5, 5.41) is -4.64. The number of carbonyl (C=O) groups is 1. The van der Waals surface area contributed by atoms with Crippen molar-refractivity contribution < 1.29 is 66.6 Å². The van der Waals surface area contributed by atoms with Crippen molar-refractivity contribution in [3.63, 3.8) is 0 Å². The number of phenols is 1. The SMILES string of the molecule is CCC(C)c1ccc(O)cc1.CCC(C)c1ccc(OS(=O)(=O)C(F)(F)C(F)(F)C(F)(F)S(=O)(=O)[O-])cc1.CCC1(OC(=O)C(C)(C)CC)CCCC1.c1ccc([S+](c2ccccc2)c2ccccc2)cc1. The molecule has 1 aliphatic carbocycles. The Labute approximate surface area is 424 Å². The first-order chi connectivity index (χ1) is 33.6. The smallest absolute Gasteiger partial charge is 0.450 e. The summed E-state index contributed by atoms with van der Waals surface area (Å²) in [7, 11) is -14.2. The van der Waals surface area contributed by atoms with Crippen LogP contribution in [0.1, 0.15) is 130 Å². The third-order valence-electron chi connectivity index (χ3n) is 12.5. The van der Waals surface area contributed by atoms with Crippen molar-refractivity contribution in [2.24, 2.45) is 5.41 Å². The number of esters is 1. The normalized spacial score (nSPS) is 14.8. The van der Waals surface area contributed by atoms with Crippen molar-refractivity contribution in [1.82, 2.24) is 0 Å². The highest BCUT2D eigenvalue weighted by Crippen LogP contribution is 2.51. The lowest BCUT2D eigenvalue weighted by atomic mass is 9.89. The van der Waals surface area contributed by atoms with E-state index in [1.54, 1.807) is 19.1 Å². The number of hydrogen-bond donors (Lipinski definition) is 1. The highest BCUT2D eigenvalue weighted by Gasteiger charge is 2.81. The molecule has 2 unspecified atom stereocenters. The molecule has 5 aromatic rings. The molecule has 9 nitrogen and oxygen atoms in total. The van der Waals surface area contributed by atoms with Gasteiger partial charge in [-0.3, -0.25) is 4.79 Å². The van der Waals surface area contributed by atoms with Gasteiger partial charge in [0.1, 0.15) is 17.1 Å². The van der Waals surface area contributed by atoms with Crippen LogP contribution in [-0.4, -0.2) is 54.5 Å². The first-order valence-corrected chi connectivity index (χ1v) is 27.7. The second kappa shape index (κ2) is 26.3. The Hall–Kier alpha value is -5.04. The molecule has 0 heterocycles. The molecule has 72 heavy (non-hydrogen) atoms. The number of rotatable bonds is 17. The van der Waals surface area contributed by atoms with Gasteiger partial charge in [0.2, 0.25) is 0 Å². The van der Waals surface area contributed by atoms with Gasteiger partial charge in [0.15, 0.2) is 24.8 Å². The van der Waals surface area contributed by atoms with E-state index in [-0.39, 0.29) is 33.8 Å². The molecule has 0 spiro atoms. The van der Waals surface area contributed by atoms with Gasteiger partial charge in [-0.2, -0.15) is 34.8 Å². The van der Waals surface area contributed by atoms with Gasteiger partial charge in [0.05, 0.1) is 16.3 Å². The van der Waals surface area contributed by atoms with Gasteiger partial charge in [-0.05, 0) is 149 Å². The predicted octanol–water partition coefficient (Wildman–Crippen LogP) is 14.7. The fraction of sp³-hybridized carbons (Fsp3) is 0.426. The monoisotopic (exact) mass is 1070 g/mol. The molecule has 0 bridgehead atoms. The molecular formula is C54H66F6O9S3. The highest BCUT2D eigenvalue weighted by molar-refractivity contribution is 7.97. The zero-order valence-electron chi connectivity index (χ0n) is 41.8. The molecule has 396 valence electrons. The summed E-state index contributed by atoms with van der Waals surface area (Å²) in [6.45, 7) is 16.0. The summed E-state index contributed by atoms with van der Waals surface area (Å²) in [4.78, 5) is 16.1. The second-order valence-corrected chi connectivity index (χ2v) is 23.0. The van der Waals surface area contributed by atoms with E-state index in [9.17, 15) is 52.5 Å². The van der Waals surface area contributed by atoms with Gasteiger partial charge in [-0.1, -0.05) is 120 Å². The molecule has 1 aliphatic rings. The van der Waals surface area contributed by atoms with Crippen LogP contribution in [0.25, 0.3) is 0 Å². The van der Waals surface area contributed by atoms with Gasteiger partial charge in [0.25, 0.3) is 0 Å². The molecular weight excluding hydrogens is 1000 g/mol. The Morgan fingerprint density at radius 2 is 1.01 bits per heavy atom. The van der Waals surface area contributed by atoms with Gasteiger partial charge in [-0.15, -0.1) is 0 Å². The first-order valence-electron chi connectivity index (χ1n) is 23.6. The third-order valence-corrected chi connectivity index (χ3v) is 17.0. The molecule has 0 amide bonds. The van der Waals surface area contributed by atoms with Crippen molar-refractivity contribution in [2.75, 3.05) is 0 Å². The fourth-order valence-corrected chi connectivity index (χ4v) is 10.4. The van der Waals surface area contributed by atoms with Crippen molar-refractivity contribution >= 4 is 37.1 Å². The Balaban J connectivity index is 0.000000266. The topological polar surface area (TPSA) is 147 Å². The summed E-state index contributed by atoms with van der Waals surface area (Å²) in [6, 6.07) is 43.7. The number of halogens is 6. The van der Waals surface area contributed by atoms with E-state index < -0.39 is 42.4 Å². The van der Waals surface area contributed by atoms with Crippen LogP contribution in [-0.2, 0) is 40.7 Å². The summed E-state index contributed by atoms with van der Waals surface area (Å²) < 4.78 is 143. The van der Waals surface area contributed by atoms with E-state index in [1.165, 1.54) is 45.2 Å². The Morgan fingerprint density at radius 3 is 1.35 bits per heavy atom. The standard InChI is InChI=1S/C18H15S.C13H14F6O6S2.C13H24O2.C10H14O/c1-4-10-16(11-5-1)19(17-12-6-2-7-13-17)18-14-8-3-9-15-18;1-3-8(2)9-4-6-10(7-5-9)25-27(23,24)13(18,19)11(14,15)12(16,17)26(20,21)22;1-5-12(3,4)11(14)15-13(6-2)9-7-8-10-13;1-3-8(2)9-4-6-10(11)7-5-9/h1-15H;4-8H,3H2,1-2H3,(H,20,21,22);5-10H2,1-4H3;4-8,11H,3H2,1-2H3/q+1;;;/p-1. The van der Waals surface area contributed by atoms with Crippen LogP contribution in [0.4, 0.5) is 26.3 Å². The Bertz CT molecular complexity index is 2540. The van der Waals surface area contributed by atoms with Crippen LogP contribution in [0.2, 0.25) is 0 Å². The zero-order valence-corrected chi connectivity index (χ0v) is 44.2. The van der Waals surface area contributed by atoms with Crippen LogP contribution < -0.4 is 4.18 Å². The van der Waals surface area contributed by atoms with Gasteiger partial charge in [0, 0.05) is 0 Å². The molecule has 0 aromatic heterocycles. The lowest BCUT2D eigenvalue weighted by molar-refractivity contribution is -0.247. The minimum atomic E-state index is -7.33. The van der Waals surface area contributed by atoms with E-state index in [2.05, 4.69) is 116 Å². The molecule has 1 saturated carbocycles. The molecule has 5 aromatic carbocycles. The Kier molecular flexibility index (Phi) is 22.3. The Morgan fingerprint density at radius 1 is 0.639 bits per heavy atom. The number of benzene rings is 5. The minimum Gasteiger partial charge on any atom is -0.743 e. The van der Waals surface area contributed by atoms with Crippen LogP contribution in [0, 0.1) is 5.41 Å². The number of phenolic OH excluding ortho intramolecular Hbond substituents is 1. The fourth-order valence-electron chi connectivity index (χ4n) is 6.89. The minimum absolute atomic E-state index is 0.0146. The van der Waals surface area contributed by atoms with Crippen LogP contribution in [0.5, 0.6) is 11.5 Å².